The van der Waals surface area contributed by atoms with Crippen LogP contribution in [0.4, 0.5) is 11.4 Å². The first kappa shape index (κ1) is 19.5. The molecule has 0 fully saturated rings. The van der Waals surface area contributed by atoms with Crippen molar-refractivity contribution in [2.75, 3.05) is 23.3 Å². The monoisotopic (exact) mass is 408 g/mol. The summed E-state index contributed by atoms with van der Waals surface area (Å²) in [5.74, 6) is 0.427. The van der Waals surface area contributed by atoms with Crippen LogP contribution in [0.1, 0.15) is 25.3 Å². The Morgan fingerprint density at radius 2 is 2.04 bits per heavy atom. The molecule has 0 bridgehead atoms. The van der Waals surface area contributed by atoms with Gasteiger partial charge in [0.1, 0.15) is 5.75 Å². The number of hydrogen-bond donors (Lipinski definition) is 1. The molecule has 2 aromatic rings. The number of carbonyl (C=O) groups excluding carboxylic acids is 1. The standard InChI is InChI=1S/C19H21ClN2O4S/c1-3-19(23)22-10-4-5-13-6-7-14(11-17(13)22)21-27(24,25)15-8-9-18(26-2)16(20)12-15/h6-9,11-12,21H,3-5,10H2,1-2H3. The second-order valence-corrected chi connectivity index (χ2v) is 8.34. The van der Waals surface area contributed by atoms with Gasteiger partial charge in [0.2, 0.25) is 5.91 Å². The van der Waals surface area contributed by atoms with Gasteiger partial charge in [-0.25, -0.2) is 8.42 Å². The molecule has 0 atom stereocenters. The summed E-state index contributed by atoms with van der Waals surface area (Å²) < 4.78 is 33.0. The van der Waals surface area contributed by atoms with Crippen LogP contribution in [0.3, 0.4) is 0 Å². The lowest BCUT2D eigenvalue weighted by Gasteiger charge is -2.29. The van der Waals surface area contributed by atoms with E-state index in [-0.39, 0.29) is 15.8 Å². The van der Waals surface area contributed by atoms with Crippen molar-refractivity contribution in [2.45, 2.75) is 31.1 Å². The van der Waals surface area contributed by atoms with Gasteiger partial charge in [0.25, 0.3) is 10.0 Å². The van der Waals surface area contributed by atoms with Gasteiger partial charge < -0.3 is 9.64 Å². The molecule has 1 aliphatic heterocycles. The maximum absolute atomic E-state index is 12.7. The smallest absolute Gasteiger partial charge is 0.261 e. The minimum absolute atomic E-state index is 0.0258. The average molecular weight is 409 g/mol. The zero-order valence-electron chi connectivity index (χ0n) is 15.2. The summed E-state index contributed by atoms with van der Waals surface area (Å²) in [6.07, 6.45) is 2.16. The van der Waals surface area contributed by atoms with E-state index in [1.807, 2.05) is 13.0 Å². The van der Waals surface area contributed by atoms with Crippen molar-refractivity contribution >= 4 is 38.9 Å². The maximum atomic E-state index is 12.7. The Morgan fingerprint density at radius 3 is 2.70 bits per heavy atom. The van der Waals surface area contributed by atoms with Crippen molar-refractivity contribution in [3.8, 4) is 5.75 Å². The van der Waals surface area contributed by atoms with Crippen molar-refractivity contribution in [1.82, 2.24) is 0 Å². The fourth-order valence-corrected chi connectivity index (χ4v) is 4.51. The molecule has 6 nitrogen and oxygen atoms in total. The van der Waals surface area contributed by atoms with Crippen LogP contribution in [0.5, 0.6) is 5.75 Å². The third-order valence-electron chi connectivity index (χ3n) is 4.49. The lowest BCUT2D eigenvalue weighted by Crippen LogP contribution is -2.35. The average Bonchev–Trinajstić information content (AvgIpc) is 2.66. The Morgan fingerprint density at radius 1 is 1.26 bits per heavy atom. The summed E-state index contributed by atoms with van der Waals surface area (Å²) in [6, 6.07) is 9.56. The van der Waals surface area contributed by atoms with Gasteiger partial charge >= 0.3 is 0 Å². The molecule has 144 valence electrons. The Labute approximate surface area is 164 Å². The van der Waals surface area contributed by atoms with Crippen molar-refractivity contribution in [3.63, 3.8) is 0 Å². The highest BCUT2D eigenvalue weighted by molar-refractivity contribution is 7.92. The lowest BCUT2D eigenvalue weighted by molar-refractivity contribution is -0.118. The van der Waals surface area contributed by atoms with Gasteiger partial charge in [0, 0.05) is 18.7 Å². The maximum Gasteiger partial charge on any atom is 0.261 e. The minimum Gasteiger partial charge on any atom is -0.495 e. The topological polar surface area (TPSA) is 75.7 Å². The highest BCUT2D eigenvalue weighted by Crippen LogP contribution is 2.32. The van der Waals surface area contributed by atoms with Crippen LogP contribution in [-0.4, -0.2) is 28.0 Å². The number of ether oxygens (including phenoxy) is 1. The third kappa shape index (κ3) is 4.04. The van der Waals surface area contributed by atoms with Gasteiger partial charge in [-0.3, -0.25) is 9.52 Å². The molecule has 1 N–H and O–H groups in total. The van der Waals surface area contributed by atoms with Crippen LogP contribution < -0.4 is 14.4 Å². The van der Waals surface area contributed by atoms with Gasteiger partial charge in [-0.1, -0.05) is 24.6 Å². The summed E-state index contributed by atoms with van der Waals surface area (Å²) in [5.41, 5.74) is 2.20. The predicted octanol–water partition coefficient (Wildman–Crippen LogP) is 3.84. The molecule has 0 aromatic heterocycles. The number of carbonyl (C=O) groups is 1. The zero-order valence-corrected chi connectivity index (χ0v) is 16.7. The number of nitrogens with zero attached hydrogens (tertiary/aromatic N) is 1. The van der Waals surface area contributed by atoms with Gasteiger partial charge in [-0.15, -0.1) is 0 Å². The number of sulfonamides is 1. The predicted molar refractivity (Wildman–Crippen MR) is 106 cm³/mol. The molecule has 1 heterocycles. The van der Waals surface area contributed by atoms with E-state index >= 15 is 0 Å². The number of methoxy groups -OCH3 is 1. The van der Waals surface area contributed by atoms with E-state index in [1.165, 1.54) is 25.3 Å². The lowest BCUT2D eigenvalue weighted by atomic mass is 10.0. The number of anilines is 2. The van der Waals surface area contributed by atoms with Crippen LogP contribution in [0.2, 0.25) is 5.02 Å². The number of nitrogens with one attached hydrogen (secondary N) is 1. The zero-order chi connectivity index (χ0) is 19.6. The van der Waals surface area contributed by atoms with Crippen LogP contribution >= 0.6 is 11.6 Å². The van der Waals surface area contributed by atoms with Crippen LogP contribution in [0.15, 0.2) is 41.3 Å². The molecule has 1 aliphatic rings. The highest BCUT2D eigenvalue weighted by atomic mass is 35.5. The Hall–Kier alpha value is -2.25. The summed E-state index contributed by atoms with van der Waals surface area (Å²) in [4.78, 5) is 14.0. The molecule has 2 aromatic carbocycles. The molecule has 0 spiro atoms. The van der Waals surface area contributed by atoms with E-state index in [2.05, 4.69) is 4.72 Å². The van der Waals surface area contributed by atoms with Gasteiger partial charge in [0.15, 0.2) is 0 Å². The molecular weight excluding hydrogens is 388 g/mol. The number of hydrogen-bond acceptors (Lipinski definition) is 4. The van der Waals surface area contributed by atoms with Gasteiger partial charge in [-0.2, -0.15) is 0 Å². The minimum atomic E-state index is -3.82. The number of amides is 1. The summed E-state index contributed by atoms with van der Waals surface area (Å²) in [7, 11) is -2.36. The molecule has 0 saturated heterocycles. The fourth-order valence-electron chi connectivity index (χ4n) is 3.12. The third-order valence-corrected chi connectivity index (χ3v) is 6.17. The first-order chi connectivity index (χ1) is 12.9. The van der Waals surface area contributed by atoms with E-state index in [0.717, 1.165) is 24.1 Å². The molecular formula is C19H21ClN2O4S. The van der Waals surface area contributed by atoms with Crippen LogP contribution in [0, 0.1) is 0 Å². The van der Waals surface area contributed by atoms with E-state index in [0.29, 0.717) is 24.4 Å². The van der Waals surface area contributed by atoms with Gasteiger partial charge in [0.05, 0.1) is 22.7 Å². The molecule has 0 unspecified atom stereocenters. The van der Waals surface area contributed by atoms with Crippen molar-refractivity contribution in [1.29, 1.82) is 0 Å². The first-order valence-electron chi connectivity index (χ1n) is 8.65. The first-order valence-corrected chi connectivity index (χ1v) is 10.5. The fraction of sp³-hybridized carbons (Fsp3) is 0.316. The summed E-state index contributed by atoms with van der Waals surface area (Å²) in [5, 5.41) is 0.213. The van der Waals surface area contributed by atoms with Crippen molar-refractivity contribution in [2.24, 2.45) is 0 Å². The summed E-state index contributed by atoms with van der Waals surface area (Å²) in [6.45, 7) is 2.46. The molecule has 0 radical (unpaired) electrons. The molecule has 0 aliphatic carbocycles. The SMILES string of the molecule is CCC(=O)N1CCCc2ccc(NS(=O)(=O)c3ccc(OC)c(Cl)c3)cc21. The van der Waals surface area contributed by atoms with Crippen LogP contribution in [0.25, 0.3) is 0 Å². The number of rotatable bonds is 5. The van der Waals surface area contributed by atoms with Crippen LogP contribution in [-0.2, 0) is 21.2 Å². The highest BCUT2D eigenvalue weighted by Gasteiger charge is 2.23. The number of halogens is 1. The number of benzene rings is 2. The largest absolute Gasteiger partial charge is 0.495 e. The molecule has 3 rings (SSSR count). The number of aryl methyl sites for hydroxylation is 1. The second kappa shape index (κ2) is 7.78. The molecule has 27 heavy (non-hydrogen) atoms. The normalized spacial score (nSPS) is 13.8. The van der Waals surface area contributed by atoms with E-state index in [9.17, 15) is 13.2 Å². The van der Waals surface area contributed by atoms with Crippen molar-refractivity contribution < 1.29 is 17.9 Å². The Kier molecular flexibility index (Phi) is 5.62. The molecule has 8 heteroatoms. The summed E-state index contributed by atoms with van der Waals surface area (Å²) >= 11 is 6.04. The van der Waals surface area contributed by atoms with E-state index in [4.69, 9.17) is 16.3 Å². The quantitative estimate of drug-likeness (QED) is 0.815. The van der Waals surface area contributed by atoms with E-state index in [1.54, 1.807) is 17.0 Å². The van der Waals surface area contributed by atoms with Gasteiger partial charge in [-0.05, 0) is 48.7 Å². The Balaban J connectivity index is 1.91. The molecule has 0 saturated carbocycles. The Bertz CT molecular complexity index is 976. The second-order valence-electron chi connectivity index (χ2n) is 6.25. The van der Waals surface area contributed by atoms with E-state index < -0.39 is 10.0 Å². The number of fused-ring (bicyclic) bond motifs is 1. The molecule has 1 amide bonds. The van der Waals surface area contributed by atoms with Crippen molar-refractivity contribution in [3.05, 3.63) is 47.0 Å².